The van der Waals surface area contributed by atoms with Crippen molar-refractivity contribution in [2.24, 2.45) is 0 Å². The number of likely N-dealkylation sites (N-methyl/N-ethyl adjacent to an activating group) is 1. The van der Waals surface area contributed by atoms with Gasteiger partial charge < -0.3 is 19.4 Å². The van der Waals surface area contributed by atoms with Crippen LogP contribution in [-0.4, -0.2) is 66.4 Å². The molecule has 0 fully saturated rings. The van der Waals surface area contributed by atoms with Gasteiger partial charge in [0.05, 0.1) is 27.6 Å². The Morgan fingerprint density at radius 2 is 1.52 bits per heavy atom. The number of carboxylic acid groups (broad SMARTS) is 2. The van der Waals surface area contributed by atoms with E-state index in [1.54, 1.807) is 6.08 Å². The Bertz CT molecular complexity index is 587. The van der Waals surface area contributed by atoms with Crippen molar-refractivity contribution < 1.29 is 33.8 Å². The van der Waals surface area contributed by atoms with Crippen LogP contribution < -0.4 is 0 Å². The summed E-state index contributed by atoms with van der Waals surface area (Å²) in [5.74, 6) is -2.23. The zero-order valence-corrected chi connectivity index (χ0v) is 17.9. The number of rotatable bonds is 16. The first-order valence-electron chi connectivity index (χ1n) is 10.0. The van der Waals surface area contributed by atoms with E-state index < -0.39 is 18.0 Å². The quantitative estimate of drug-likeness (QED) is 0.133. The van der Waals surface area contributed by atoms with Gasteiger partial charge >= 0.3 is 17.9 Å². The molecule has 7 heteroatoms. The molecule has 0 spiro atoms. The molecule has 0 heterocycles. The highest BCUT2D eigenvalue weighted by atomic mass is 16.5. The Morgan fingerprint density at radius 1 is 0.897 bits per heavy atom. The number of hydrogen-bond acceptors (Lipinski definition) is 4. The molecule has 0 saturated carbocycles. The molecular formula is C22H36NO6+. The van der Waals surface area contributed by atoms with Gasteiger partial charge in [0.1, 0.15) is 6.54 Å². The smallest absolute Gasteiger partial charge is 0.327 e. The van der Waals surface area contributed by atoms with Crippen molar-refractivity contribution in [3.63, 3.8) is 0 Å². The van der Waals surface area contributed by atoms with Crippen LogP contribution in [-0.2, 0) is 19.1 Å². The molecule has 0 bridgehead atoms. The van der Waals surface area contributed by atoms with Crippen molar-refractivity contribution in [1.29, 1.82) is 0 Å². The summed E-state index contributed by atoms with van der Waals surface area (Å²) in [7, 11) is 5.80. The van der Waals surface area contributed by atoms with Crippen molar-refractivity contribution in [2.45, 2.75) is 57.5 Å². The molecule has 0 aromatic heterocycles. The molecule has 1 unspecified atom stereocenters. The van der Waals surface area contributed by atoms with Crippen LogP contribution in [0.1, 0.15) is 51.4 Å². The van der Waals surface area contributed by atoms with Gasteiger partial charge in [-0.05, 0) is 32.1 Å². The molecule has 0 aliphatic carbocycles. The van der Waals surface area contributed by atoms with Gasteiger partial charge in [-0.15, -0.1) is 0 Å². The standard InChI is InChI=1S/C22H35NO6/c1-23(2,3)18-19(17-21(26)27)29-22(28)16-14-12-10-8-6-4-5-7-9-11-13-15-20(24)25/h4,6-7,9,13,15,19H,5,8,10-12,14,16-18H2,1-3H3,(H-,24,25,26,27)/p+1/b6-4+,9-7+,15-13+. The number of allylic oxidation sites excluding steroid dienone is 5. The second-order valence-corrected chi connectivity index (χ2v) is 7.94. The average molecular weight is 411 g/mol. The van der Waals surface area contributed by atoms with Gasteiger partial charge in [-0.2, -0.15) is 0 Å². The number of ether oxygens (including phenoxy) is 1. The molecule has 2 N–H and O–H groups in total. The van der Waals surface area contributed by atoms with E-state index in [0.29, 0.717) is 23.9 Å². The second-order valence-electron chi connectivity index (χ2n) is 7.94. The third-order valence-electron chi connectivity index (χ3n) is 3.84. The van der Waals surface area contributed by atoms with Gasteiger partial charge in [0.15, 0.2) is 6.10 Å². The predicted molar refractivity (Wildman–Crippen MR) is 112 cm³/mol. The fourth-order valence-corrected chi connectivity index (χ4v) is 2.63. The van der Waals surface area contributed by atoms with E-state index in [-0.39, 0.29) is 12.4 Å². The first-order valence-corrected chi connectivity index (χ1v) is 10.0. The van der Waals surface area contributed by atoms with E-state index >= 15 is 0 Å². The third-order valence-corrected chi connectivity index (χ3v) is 3.84. The highest BCUT2D eigenvalue weighted by molar-refractivity contribution is 5.79. The number of aliphatic carboxylic acids is 2. The summed E-state index contributed by atoms with van der Waals surface area (Å²) in [6, 6.07) is 0. The van der Waals surface area contributed by atoms with Crippen LogP contribution in [0.2, 0.25) is 0 Å². The third kappa shape index (κ3) is 20.1. The van der Waals surface area contributed by atoms with E-state index in [1.165, 1.54) is 0 Å². The minimum absolute atomic E-state index is 0.170. The van der Waals surface area contributed by atoms with E-state index in [0.717, 1.165) is 38.2 Å². The minimum Gasteiger partial charge on any atom is -0.481 e. The van der Waals surface area contributed by atoms with Gasteiger partial charge in [-0.1, -0.05) is 36.8 Å². The monoisotopic (exact) mass is 410 g/mol. The number of carbonyl (C=O) groups excluding carboxylic acids is 1. The SMILES string of the molecule is C[N+](C)(C)CC(CC(=O)O)OC(=O)CCCCC/C=C/C/C=C/C/C=C/C(=O)O. The Kier molecular flexibility index (Phi) is 14.2. The summed E-state index contributed by atoms with van der Waals surface area (Å²) < 4.78 is 5.89. The largest absolute Gasteiger partial charge is 0.481 e. The molecule has 7 nitrogen and oxygen atoms in total. The molecule has 0 aromatic carbocycles. The number of nitrogens with zero attached hydrogens (tertiary/aromatic N) is 1. The number of quaternary nitrogens is 1. The summed E-state index contributed by atoms with van der Waals surface area (Å²) in [6.45, 7) is 0.465. The molecule has 1 atom stereocenters. The van der Waals surface area contributed by atoms with Crippen LogP contribution in [0.15, 0.2) is 36.5 Å². The fraction of sp³-hybridized carbons (Fsp3) is 0.591. The maximum Gasteiger partial charge on any atom is 0.327 e. The lowest BCUT2D eigenvalue weighted by atomic mass is 10.1. The molecule has 29 heavy (non-hydrogen) atoms. The first-order chi connectivity index (χ1) is 13.6. The van der Waals surface area contributed by atoms with Gasteiger partial charge in [-0.3, -0.25) is 9.59 Å². The van der Waals surface area contributed by atoms with Gasteiger partial charge in [0, 0.05) is 12.5 Å². The molecule has 0 aliphatic rings. The fourth-order valence-electron chi connectivity index (χ4n) is 2.63. The van der Waals surface area contributed by atoms with Crippen LogP contribution in [0.3, 0.4) is 0 Å². The molecule has 0 saturated heterocycles. The lowest BCUT2D eigenvalue weighted by Gasteiger charge is -2.28. The van der Waals surface area contributed by atoms with Gasteiger partial charge in [-0.25, -0.2) is 4.79 Å². The molecule has 0 aromatic rings. The van der Waals surface area contributed by atoms with Crippen molar-refractivity contribution >= 4 is 17.9 Å². The van der Waals surface area contributed by atoms with Crippen molar-refractivity contribution in [3.8, 4) is 0 Å². The summed E-state index contributed by atoms with van der Waals surface area (Å²) in [5.41, 5.74) is 0. The predicted octanol–water partition coefficient (Wildman–Crippen LogP) is 3.56. The molecular weight excluding hydrogens is 374 g/mol. The van der Waals surface area contributed by atoms with Crippen molar-refractivity contribution in [3.05, 3.63) is 36.5 Å². The van der Waals surface area contributed by atoms with Crippen LogP contribution in [0.5, 0.6) is 0 Å². The number of carboxylic acids is 2. The maximum absolute atomic E-state index is 12.0. The van der Waals surface area contributed by atoms with E-state index in [1.807, 2.05) is 33.3 Å². The maximum atomic E-state index is 12.0. The molecule has 0 rings (SSSR count). The molecule has 164 valence electrons. The van der Waals surface area contributed by atoms with Crippen LogP contribution in [0.4, 0.5) is 0 Å². The zero-order chi connectivity index (χ0) is 22.1. The highest BCUT2D eigenvalue weighted by Crippen LogP contribution is 2.10. The summed E-state index contributed by atoms with van der Waals surface area (Å²) in [6.07, 6.45) is 15.3. The molecule has 0 amide bonds. The van der Waals surface area contributed by atoms with Crippen molar-refractivity contribution in [2.75, 3.05) is 27.7 Å². The molecule has 0 radical (unpaired) electrons. The normalized spacial score (nSPS) is 13.3. The lowest BCUT2D eigenvalue weighted by molar-refractivity contribution is -0.873. The van der Waals surface area contributed by atoms with Crippen molar-refractivity contribution in [1.82, 2.24) is 0 Å². The van der Waals surface area contributed by atoms with Gasteiger partial charge in [0.25, 0.3) is 0 Å². The Labute approximate surface area is 173 Å². The summed E-state index contributed by atoms with van der Waals surface area (Å²) in [4.78, 5) is 33.2. The Balaban J connectivity index is 3.87. The number of hydrogen-bond donors (Lipinski definition) is 2. The van der Waals surface area contributed by atoms with Gasteiger partial charge in [0.2, 0.25) is 0 Å². The number of carbonyl (C=O) groups is 3. The minimum atomic E-state index is -0.963. The van der Waals surface area contributed by atoms with Crippen LogP contribution in [0, 0.1) is 0 Å². The first kappa shape index (κ1) is 26.6. The highest BCUT2D eigenvalue weighted by Gasteiger charge is 2.24. The summed E-state index contributed by atoms with van der Waals surface area (Å²) >= 11 is 0. The molecule has 0 aliphatic heterocycles. The topological polar surface area (TPSA) is 101 Å². The van der Waals surface area contributed by atoms with E-state index in [4.69, 9.17) is 14.9 Å². The summed E-state index contributed by atoms with van der Waals surface area (Å²) in [5, 5.41) is 17.4. The van der Waals surface area contributed by atoms with E-state index in [9.17, 15) is 14.4 Å². The van der Waals surface area contributed by atoms with Crippen LogP contribution in [0.25, 0.3) is 0 Å². The Morgan fingerprint density at radius 3 is 2.10 bits per heavy atom. The zero-order valence-electron chi connectivity index (χ0n) is 17.9. The Hall–Kier alpha value is -2.41. The number of unbranched alkanes of at least 4 members (excludes halogenated alkanes) is 3. The lowest BCUT2D eigenvalue weighted by Crippen LogP contribution is -2.43. The van der Waals surface area contributed by atoms with E-state index in [2.05, 4.69) is 12.2 Å². The van der Waals surface area contributed by atoms with Crippen LogP contribution >= 0.6 is 0 Å². The average Bonchev–Trinajstić information content (AvgIpc) is 2.56. The number of esters is 1. The second kappa shape index (κ2) is 15.5.